The van der Waals surface area contributed by atoms with E-state index in [0.717, 1.165) is 38.0 Å². The highest BCUT2D eigenvalue weighted by atomic mass is 32.2. The Morgan fingerprint density at radius 1 is 1.19 bits per heavy atom. The lowest BCUT2D eigenvalue weighted by Gasteiger charge is -2.33. The lowest BCUT2D eigenvalue weighted by molar-refractivity contribution is 0.187. The Kier molecular flexibility index (Phi) is 5.72. The summed E-state index contributed by atoms with van der Waals surface area (Å²) < 4.78 is 38.2. The van der Waals surface area contributed by atoms with Gasteiger partial charge >= 0.3 is 0 Å². The molecule has 0 aromatic heterocycles. The lowest BCUT2D eigenvalue weighted by atomic mass is 10.1. The summed E-state index contributed by atoms with van der Waals surface area (Å²) in [6.45, 7) is 5.33. The Balaban J connectivity index is 1.72. The van der Waals surface area contributed by atoms with Crippen LogP contribution in [0.25, 0.3) is 0 Å². The van der Waals surface area contributed by atoms with Crippen molar-refractivity contribution in [3.63, 3.8) is 0 Å². The number of aryl methyl sites for hydroxylation is 1. The molecule has 0 aliphatic carbocycles. The largest absolute Gasteiger partial charge is 0.301 e. The molecule has 0 N–H and O–H groups in total. The fraction of sp³-hybridized carbons (Fsp3) is 0.600. The van der Waals surface area contributed by atoms with Crippen LogP contribution in [0, 0.1) is 5.82 Å². The molecule has 1 saturated heterocycles. The average molecular weight is 314 g/mol. The van der Waals surface area contributed by atoms with Crippen LogP contribution in [0.15, 0.2) is 24.3 Å². The molecule has 1 aromatic rings. The Bertz CT molecular complexity index is 555. The van der Waals surface area contributed by atoms with Crippen LogP contribution in [0.2, 0.25) is 0 Å². The molecule has 0 spiro atoms. The first kappa shape index (κ1) is 16.4. The number of hydrogen-bond acceptors (Lipinski definition) is 3. The number of halogens is 1. The van der Waals surface area contributed by atoms with Crippen molar-refractivity contribution in [3.8, 4) is 0 Å². The van der Waals surface area contributed by atoms with Crippen molar-refractivity contribution in [2.75, 3.05) is 38.5 Å². The normalized spacial score (nSPS) is 18.0. The first-order valence-corrected chi connectivity index (χ1v) is 9.07. The molecule has 1 aliphatic heterocycles. The molecule has 1 aromatic carbocycles. The predicted molar refractivity (Wildman–Crippen MR) is 82.2 cm³/mol. The van der Waals surface area contributed by atoms with Crippen molar-refractivity contribution in [1.82, 2.24) is 9.21 Å². The second-order valence-corrected chi connectivity index (χ2v) is 7.63. The van der Waals surface area contributed by atoms with Gasteiger partial charge < -0.3 is 4.90 Å². The summed E-state index contributed by atoms with van der Waals surface area (Å²) in [7, 11) is -3.05. The minimum atomic E-state index is -3.05. The molecule has 21 heavy (non-hydrogen) atoms. The van der Waals surface area contributed by atoms with Gasteiger partial charge in [0.25, 0.3) is 0 Å². The summed E-state index contributed by atoms with van der Waals surface area (Å²) in [4.78, 5) is 2.28. The molecule has 6 heteroatoms. The van der Waals surface area contributed by atoms with Gasteiger partial charge in [-0.1, -0.05) is 12.1 Å². The number of benzene rings is 1. The van der Waals surface area contributed by atoms with E-state index in [2.05, 4.69) is 4.90 Å². The maximum atomic E-state index is 13.1. The van der Waals surface area contributed by atoms with Gasteiger partial charge in [-0.2, -0.15) is 4.31 Å². The molecular weight excluding hydrogens is 291 g/mol. The molecule has 4 nitrogen and oxygen atoms in total. The molecule has 0 unspecified atom stereocenters. The summed E-state index contributed by atoms with van der Waals surface area (Å²) >= 11 is 0. The standard InChI is InChI=1S/C15H23FN2O2S/c1-2-21(19,20)18-11-9-17(10-12-18)8-4-6-14-5-3-7-15(16)13-14/h3,5,7,13H,2,4,6,8-12H2,1H3. The van der Waals surface area contributed by atoms with E-state index in [4.69, 9.17) is 0 Å². The predicted octanol–water partition coefficient (Wildman–Crippen LogP) is 1.73. The average Bonchev–Trinajstić information content (AvgIpc) is 2.48. The fourth-order valence-corrected chi connectivity index (χ4v) is 3.70. The Labute approximate surface area is 126 Å². The number of hydrogen-bond donors (Lipinski definition) is 0. The van der Waals surface area contributed by atoms with Crippen LogP contribution in [0.4, 0.5) is 4.39 Å². The molecule has 1 fully saturated rings. The Morgan fingerprint density at radius 2 is 1.90 bits per heavy atom. The van der Waals surface area contributed by atoms with Crippen molar-refractivity contribution in [1.29, 1.82) is 0 Å². The van der Waals surface area contributed by atoms with Crippen molar-refractivity contribution in [2.45, 2.75) is 19.8 Å². The van der Waals surface area contributed by atoms with Crippen LogP contribution < -0.4 is 0 Å². The second kappa shape index (κ2) is 7.33. The van der Waals surface area contributed by atoms with Gasteiger partial charge in [0, 0.05) is 26.2 Å². The van der Waals surface area contributed by atoms with Crippen molar-refractivity contribution in [2.24, 2.45) is 0 Å². The highest BCUT2D eigenvalue weighted by Gasteiger charge is 2.24. The Hall–Kier alpha value is -0.980. The highest BCUT2D eigenvalue weighted by Crippen LogP contribution is 2.10. The third-order valence-electron chi connectivity index (χ3n) is 3.92. The van der Waals surface area contributed by atoms with Crippen LogP contribution >= 0.6 is 0 Å². The SMILES string of the molecule is CCS(=O)(=O)N1CCN(CCCc2cccc(F)c2)CC1. The third-order valence-corrected chi connectivity index (χ3v) is 5.80. The molecular formula is C15H23FN2O2S. The molecule has 0 saturated carbocycles. The maximum absolute atomic E-state index is 13.1. The fourth-order valence-electron chi connectivity index (χ4n) is 2.61. The summed E-state index contributed by atoms with van der Waals surface area (Å²) in [5, 5.41) is 0. The molecule has 1 aliphatic rings. The van der Waals surface area contributed by atoms with Gasteiger partial charge in [-0.15, -0.1) is 0 Å². The number of nitrogens with zero attached hydrogens (tertiary/aromatic N) is 2. The van der Waals surface area contributed by atoms with E-state index in [9.17, 15) is 12.8 Å². The minimum absolute atomic E-state index is 0.173. The number of piperazine rings is 1. The monoisotopic (exact) mass is 314 g/mol. The number of sulfonamides is 1. The van der Waals surface area contributed by atoms with Crippen LogP contribution in [-0.2, 0) is 16.4 Å². The van der Waals surface area contributed by atoms with Gasteiger partial charge in [0.1, 0.15) is 5.82 Å². The van der Waals surface area contributed by atoms with Gasteiger partial charge in [0.2, 0.25) is 10.0 Å². The van der Waals surface area contributed by atoms with Crippen LogP contribution in [-0.4, -0.2) is 56.1 Å². The molecule has 2 rings (SSSR count). The van der Waals surface area contributed by atoms with Gasteiger partial charge in [0.05, 0.1) is 5.75 Å². The zero-order valence-electron chi connectivity index (χ0n) is 12.5. The van der Waals surface area contributed by atoms with Crippen LogP contribution in [0.1, 0.15) is 18.9 Å². The van der Waals surface area contributed by atoms with E-state index < -0.39 is 10.0 Å². The van der Waals surface area contributed by atoms with Gasteiger partial charge in [-0.25, -0.2) is 12.8 Å². The van der Waals surface area contributed by atoms with Crippen LogP contribution in [0.3, 0.4) is 0 Å². The summed E-state index contributed by atoms with van der Waals surface area (Å²) in [6.07, 6.45) is 1.81. The van der Waals surface area contributed by atoms with E-state index in [1.807, 2.05) is 6.07 Å². The molecule has 1 heterocycles. The first-order chi connectivity index (χ1) is 10.0. The van der Waals surface area contributed by atoms with Crippen molar-refractivity contribution in [3.05, 3.63) is 35.6 Å². The quantitative estimate of drug-likeness (QED) is 0.803. The van der Waals surface area contributed by atoms with E-state index in [0.29, 0.717) is 13.1 Å². The van der Waals surface area contributed by atoms with Crippen molar-refractivity contribution >= 4 is 10.0 Å². The lowest BCUT2D eigenvalue weighted by Crippen LogP contribution is -2.49. The highest BCUT2D eigenvalue weighted by molar-refractivity contribution is 7.89. The zero-order valence-corrected chi connectivity index (χ0v) is 13.3. The summed E-state index contributed by atoms with van der Waals surface area (Å²) in [5.74, 6) is -0.0158. The molecule has 0 amide bonds. The molecule has 0 bridgehead atoms. The summed E-state index contributed by atoms with van der Waals surface area (Å²) in [6, 6.07) is 6.70. The third kappa shape index (κ3) is 4.76. The van der Waals surface area contributed by atoms with Crippen molar-refractivity contribution < 1.29 is 12.8 Å². The van der Waals surface area contributed by atoms with E-state index in [1.165, 1.54) is 6.07 Å². The maximum Gasteiger partial charge on any atom is 0.213 e. The van der Waals surface area contributed by atoms with E-state index in [-0.39, 0.29) is 11.6 Å². The van der Waals surface area contributed by atoms with Gasteiger partial charge in [0.15, 0.2) is 0 Å². The second-order valence-electron chi connectivity index (χ2n) is 5.37. The minimum Gasteiger partial charge on any atom is -0.301 e. The number of rotatable bonds is 6. The van der Waals surface area contributed by atoms with Gasteiger partial charge in [-0.3, -0.25) is 0 Å². The molecule has 0 radical (unpaired) electrons. The smallest absolute Gasteiger partial charge is 0.213 e. The van der Waals surface area contributed by atoms with Crippen LogP contribution in [0.5, 0.6) is 0 Å². The van der Waals surface area contributed by atoms with Gasteiger partial charge in [-0.05, 0) is 44.0 Å². The Morgan fingerprint density at radius 3 is 2.52 bits per heavy atom. The topological polar surface area (TPSA) is 40.6 Å². The first-order valence-electron chi connectivity index (χ1n) is 7.46. The van der Waals surface area contributed by atoms with E-state index >= 15 is 0 Å². The van der Waals surface area contributed by atoms with E-state index in [1.54, 1.807) is 23.4 Å². The molecule has 118 valence electrons. The zero-order chi connectivity index (χ0) is 15.3. The summed E-state index contributed by atoms with van der Waals surface area (Å²) in [5.41, 5.74) is 1.02. The molecule has 0 atom stereocenters.